The Morgan fingerprint density at radius 3 is 2.91 bits per heavy atom. The van der Waals surface area contributed by atoms with E-state index in [1.165, 1.54) is 0 Å². The summed E-state index contributed by atoms with van der Waals surface area (Å²) in [6, 6.07) is 6.84. The molecule has 2 amide bonds. The quantitative estimate of drug-likeness (QED) is 0.804. The van der Waals surface area contributed by atoms with Crippen LogP contribution in [0.2, 0.25) is 0 Å². The lowest BCUT2D eigenvalue weighted by molar-refractivity contribution is 0.249. The zero-order valence-electron chi connectivity index (χ0n) is 13.7. The molecular formula is C17H22N4O2. The van der Waals surface area contributed by atoms with E-state index in [0.717, 1.165) is 11.1 Å². The lowest BCUT2D eigenvalue weighted by Gasteiger charge is -2.14. The van der Waals surface area contributed by atoms with Crippen LogP contribution in [0, 0.1) is 0 Å². The number of nitrogens with one attached hydrogen (secondary N) is 2. The van der Waals surface area contributed by atoms with Crippen molar-refractivity contribution < 1.29 is 9.53 Å². The van der Waals surface area contributed by atoms with E-state index in [-0.39, 0.29) is 12.1 Å². The van der Waals surface area contributed by atoms with Gasteiger partial charge in [0.05, 0.1) is 12.2 Å². The minimum absolute atomic E-state index is 0.133. The number of urea groups is 1. The molecule has 0 aliphatic heterocycles. The summed E-state index contributed by atoms with van der Waals surface area (Å²) in [7, 11) is 1.84. The summed E-state index contributed by atoms with van der Waals surface area (Å²) in [5.41, 5.74) is 2.55. The number of anilines is 1. The van der Waals surface area contributed by atoms with E-state index in [0.29, 0.717) is 18.0 Å². The smallest absolute Gasteiger partial charge is 0.319 e. The monoisotopic (exact) mass is 314 g/mol. The SMILES string of the molecule is C=C(C)COc1cccc(NC(=O)N[C@@H](C)c2cnn(C)c2)c1. The maximum Gasteiger partial charge on any atom is 0.319 e. The Hall–Kier alpha value is -2.76. The van der Waals surface area contributed by atoms with Crippen molar-refractivity contribution in [3.8, 4) is 5.75 Å². The van der Waals surface area contributed by atoms with Gasteiger partial charge in [-0.15, -0.1) is 0 Å². The second-order valence-corrected chi connectivity index (χ2v) is 5.54. The van der Waals surface area contributed by atoms with Crippen molar-refractivity contribution in [2.24, 2.45) is 7.05 Å². The maximum atomic E-state index is 12.1. The van der Waals surface area contributed by atoms with E-state index in [1.54, 1.807) is 16.9 Å². The highest BCUT2D eigenvalue weighted by Gasteiger charge is 2.11. The fourth-order valence-electron chi connectivity index (χ4n) is 1.98. The van der Waals surface area contributed by atoms with Crippen LogP contribution in [0.4, 0.5) is 10.5 Å². The molecule has 2 N–H and O–H groups in total. The van der Waals surface area contributed by atoms with Crippen molar-refractivity contribution in [2.45, 2.75) is 19.9 Å². The molecule has 0 bridgehead atoms. The van der Waals surface area contributed by atoms with Crippen LogP contribution >= 0.6 is 0 Å². The van der Waals surface area contributed by atoms with E-state index >= 15 is 0 Å². The minimum Gasteiger partial charge on any atom is -0.489 e. The van der Waals surface area contributed by atoms with Gasteiger partial charge in [0.25, 0.3) is 0 Å². The average molecular weight is 314 g/mol. The fourth-order valence-corrected chi connectivity index (χ4v) is 1.98. The Labute approximate surface area is 136 Å². The van der Waals surface area contributed by atoms with Crippen LogP contribution in [0.15, 0.2) is 48.8 Å². The molecule has 23 heavy (non-hydrogen) atoms. The third-order valence-electron chi connectivity index (χ3n) is 3.15. The molecule has 2 aromatic rings. The summed E-state index contributed by atoms with van der Waals surface area (Å²) in [6.45, 7) is 8.05. The van der Waals surface area contributed by atoms with Crippen molar-refractivity contribution in [1.82, 2.24) is 15.1 Å². The molecule has 0 radical (unpaired) electrons. The number of rotatable bonds is 6. The first-order valence-corrected chi connectivity index (χ1v) is 7.37. The lowest BCUT2D eigenvalue weighted by atomic mass is 10.2. The maximum absolute atomic E-state index is 12.1. The first kappa shape index (κ1) is 16.6. The number of aromatic nitrogens is 2. The summed E-state index contributed by atoms with van der Waals surface area (Å²) >= 11 is 0. The van der Waals surface area contributed by atoms with E-state index in [4.69, 9.17) is 4.74 Å². The van der Waals surface area contributed by atoms with Gasteiger partial charge in [-0.25, -0.2) is 4.79 Å². The van der Waals surface area contributed by atoms with Gasteiger partial charge in [0, 0.05) is 30.6 Å². The standard InChI is InChI=1S/C17H22N4O2/c1-12(2)11-23-16-7-5-6-15(8-16)20-17(22)19-13(3)14-9-18-21(4)10-14/h5-10,13H,1,11H2,2-4H3,(H2,19,20,22)/t13-/m0/s1. The van der Waals surface area contributed by atoms with E-state index in [1.807, 2.05) is 45.3 Å². The van der Waals surface area contributed by atoms with Gasteiger partial charge in [0.15, 0.2) is 0 Å². The molecule has 1 heterocycles. The zero-order valence-corrected chi connectivity index (χ0v) is 13.7. The molecule has 1 aromatic heterocycles. The van der Waals surface area contributed by atoms with Crippen molar-refractivity contribution in [3.05, 3.63) is 54.4 Å². The highest BCUT2D eigenvalue weighted by Crippen LogP contribution is 2.18. The van der Waals surface area contributed by atoms with Gasteiger partial charge in [-0.3, -0.25) is 4.68 Å². The minimum atomic E-state index is -0.279. The van der Waals surface area contributed by atoms with Crippen molar-refractivity contribution in [1.29, 1.82) is 0 Å². The number of amides is 2. The largest absolute Gasteiger partial charge is 0.489 e. The summed E-state index contributed by atoms with van der Waals surface area (Å²) in [6.07, 6.45) is 3.61. The number of carbonyl (C=O) groups is 1. The van der Waals surface area contributed by atoms with Crippen molar-refractivity contribution in [2.75, 3.05) is 11.9 Å². The number of carbonyl (C=O) groups excluding carboxylic acids is 1. The summed E-state index contributed by atoms with van der Waals surface area (Å²) < 4.78 is 7.26. The van der Waals surface area contributed by atoms with E-state index in [9.17, 15) is 4.79 Å². The highest BCUT2D eigenvalue weighted by molar-refractivity contribution is 5.89. The predicted octanol–water partition coefficient (Wildman–Crippen LogP) is 3.26. The van der Waals surface area contributed by atoms with Crippen molar-refractivity contribution in [3.63, 3.8) is 0 Å². The average Bonchev–Trinajstić information content (AvgIpc) is 2.92. The van der Waals surface area contributed by atoms with Crippen LogP contribution in [-0.2, 0) is 7.05 Å². The van der Waals surface area contributed by atoms with Gasteiger partial charge in [0.1, 0.15) is 12.4 Å². The fraction of sp³-hybridized carbons (Fsp3) is 0.294. The molecule has 0 unspecified atom stereocenters. The van der Waals surface area contributed by atoms with Gasteiger partial charge >= 0.3 is 6.03 Å². The molecule has 0 aliphatic carbocycles. The number of ether oxygens (including phenoxy) is 1. The molecule has 0 aliphatic rings. The number of hydrogen-bond acceptors (Lipinski definition) is 3. The Balaban J connectivity index is 1.92. The number of hydrogen-bond donors (Lipinski definition) is 2. The zero-order chi connectivity index (χ0) is 16.8. The summed E-state index contributed by atoms with van der Waals surface area (Å²) in [5, 5.41) is 9.76. The first-order chi connectivity index (χ1) is 10.9. The molecule has 0 fully saturated rings. The van der Waals surface area contributed by atoms with Gasteiger partial charge in [-0.2, -0.15) is 5.10 Å². The van der Waals surface area contributed by atoms with E-state index in [2.05, 4.69) is 22.3 Å². The molecule has 122 valence electrons. The normalized spacial score (nSPS) is 11.6. The second kappa shape index (κ2) is 7.49. The number of benzene rings is 1. The summed E-state index contributed by atoms with van der Waals surface area (Å²) in [5.74, 6) is 0.686. The Morgan fingerprint density at radius 1 is 1.48 bits per heavy atom. The summed E-state index contributed by atoms with van der Waals surface area (Å²) in [4.78, 5) is 12.1. The third kappa shape index (κ3) is 5.18. The van der Waals surface area contributed by atoms with Gasteiger partial charge in [-0.05, 0) is 31.6 Å². The second-order valence-electron chi connectivity index (χ2n) is 5.54. The van der Waals surface area contributed by atoms with Crippen LogP contribution in [0.25, 0.3) is 0 Å². The topological polar surface area (TPSA) is 68.2 Å². The predicted molar refractivity (Wildman–Crippen MR) is 90.5 cm³/mol. The van der Waals surface area contributed by atoms with Gasteiger partial charge < -0.3 is 15.4 Å². The van der Waals surface area contributed by atoms with Crippen LogP contribution in [0.5, 0.6) is 5.75 Å². The Morgan fingerprint density at radius 2 is 2.26 bits per heavy atom. The van der Waals surface area contributed by atoms with Crippen LogP contribution in [0.1, 0.15) is 25.5 Å². The molecule has 6 heteroatoms. The molecule has 2 rings (SSSR count). The molecule has 0 saturated carbocycles. The molecule has 6 nitrogen and oxygen atoms in total. The molecule has 1 atom stereocenters. The Kier molecular flexibility index (Phi) is 5.41. The third-order valence-corrected chi connectivity index (χ3v) is 3.15. The van der Waals surface area contributed by atoms with Gasteiger partial charge in [0.2, 0.25) is 0 Å². The van der Waals surface area contributed by atoms with Gasteiger partial charge in [-0.1, -0.05) is 12.6 Å². The van der Waals surface area contributed by atoms with E-state index < -0.39 is 0 Å². The molecular weight excluding hydrogens is 292 g/mol. The van der Waals surface area contributed by atoms with Crippen LogP contribution < -0.4 is 15.4 Å². The molecule has 0 spiro atoms. The molecule has 0 saturated heterocycles. The molecule has 1 aromatic carbocycles. The number of aryl methyl sites for hydroxylation is 1. The number of nitrogens with zero attached hydrogens (tertiary/aromatic N) is 2. The first-order valence-electron chi connectivity index (χ1n) is 7.37. The highest BCUT2D eigenvalue weighted by atomic mass is 16.5. The van der Waals surface area contributed by atoms with Crippen LogP contribution in [-0.4, -0.2) is 22.4 Å². The lowest BCUT2D eigenvalue weighted by Crippen LogP contribution is -2.31. The van der Waals surface area contributed by atoms with Crippen LogP contribution in [0.3, 0.4) is 0 Å². The Bertz CT molecular complexity index is 693. The van der Waals surface area contributed by atoms with Crippen molar-refractivity contribution >= 4 is 11.7 Å².